The zero-order valence-corrected chi connectivity index (χ0v) is 10.9. The van der Waals surface area contributed by atoms with E-state index in [4.69, 9.17) is 0 Å². The summed E-state index contributed by atoms with van der Waals surface area (Å²) in [4.78, 5) is 15.7. The fourth-order valence-electron chi connectivity index (χ4n) is 2.19. The topological polar surface area (TPSA) is 23.6 Å². The molecule has 0 unspecified atom stereocenters. The third-order valence-corrected chi connectivity index (χ3v) is 3.56. The van der Waals surface area contributed by atoms with Crippen LogP contribution in [0.2, 0.25) is 0 Å². The highest BCUT2D eigenvalue weighted by atomic mass is 19.1. The maximum absolute atomic E-state index is 12.8. The number of piperidine rings is 1. The molecule has 1 saturated heterocycles. The van der Waals surface area contributed by atoms with Gasteiger partial charge in [0.05, 0.1) is 0 Å². The molecule has 1 aromatic rings. The van der Waals surface area contributed by atoms with Gasteiger partial charge in [-0.05, 0) is 43.0 Å². The van der Waals surface area contributed by atoms with Gasteiger partial charge in [0.15, 0.2) is 0 Å². The Hall–Kier alpha value is -1.58. The fourth-order valence-corrected chi connectivity index (χ4v) is 2.19. The molecule has 3 nitrogen and oxygen atoms in total. The molecular weight excluding hydrogens is 231 g/mol. The van der Waals surface area contributed by atoms with E-state index in [9.17, 15) is 9.18 Å². The van der Waals surface area contributed by atoms with Crippen LogP contribution in [0.4, 0.5) is 14.9 Å². The lowest BCUT2D eigenvalue weighted by Gasteiger charge is -2.33. The van der Waals surface area contributed by atoms with Crippen LogP contribution in [0.25, 0.3) is 0 Å². The molecule has 1 aliphatic heterocycles. The largest absolute Gasteiger partial charge is 0.324 e. The van der Waals surface area contributed by atoms with Crippen molar-refractivity contribution >= 4 is 11.7 Å². The average Bonchev–Trinajstić information content (AvgIpc) is 2.39. The molecule has 0 N–H and O–H groups in total. The van der Waals surface area contributed by atoms with E-state index in [2.05, 4.69) is 6.92 Å². The van der Waals surface area contributed by atoms with Crippen LogP contribution in [0, 0.1) is 11.7 Å². The molecule has 0 bridgehead atoms. The maximum Gasteiger partial charge on any atom is 0.324 e. The Morgan fingerprint density at radius 3 is 2.39 bits per heavy atom. The summed E-state index contributed by atoms with van der Waals surface area (Å²) in [7, 11) is 1.73. The van der Waals surface area contributed by atoms with Crippen LogP contribution in [0.3, 0.4) is 0 Å². The van der Waals surface area contributed by atoms with Crippen LogP contribution in [0.5, 0.6) is 0 Å². The first kappa shape index (κ1) is 12.9. The number of nitrogens with zero attached hydrogens (tertiary/aromatic N) is 2. The second-order valence-electron chi connectivity index (χ2n) is 4.99. The number of carbonyl (C=O) groups excluding carboxylic acids is 1. The third kappa shape index (κ3) is 2.81. The standard InChI is InChI=1S/C14H19FN2O/c1-11-7-9-17(10-8-11)14(18)16(2)13-5-3-12(15)4-6-13/h3-6,11H,7-10H2,1-2H3. The Balaban J connectivity index is 2.02. The van der Waals surface area contributed by atoms with Crippen molar-refractivity contribution in [3.63, 3.8) is 0 Å². The van der Waals surface area contributed by atoms with Crippen LogP contribution in [0.1, 0.15) is 19.8 Å². The molecule has 1 heterocycles. The Labute approximate surface area is 107 Å². The van der Waals surface area contributed by atoms with E-state index in [0.717, 1.165) is 31.6 Å². The van der Waals surface area contributed by atoms with E-state index in [1.54, 1.807) is 24.1 Å². The maximum atomic E-state index is 12.8. The van der Waals surface area contributed by atoms with Gasteiger partial charge < -0.3 is 4.90 Å². The van der Waals surface area contributed by atoms with Gasteiger partial charge in [0.1, 0.15) is 5.82 Å². The number of amides is 2. The van der Waals surface area contributed by atoms with Crippen molar-refractivity contribution in [1.29, 1.82) is 0 Å². The lowest BCUT2D eigenvalue weighted by atomic mass is 9.99. The van der Waals surface area contributed by atoms with Crippen molar-refractivity contribution in [3.8, 4) is 0 Å². The molecule has 2 rings (SSSR count). The Morgan fingerprint density at radius 2 is 1.83 bits per heavy atom. The third-order valence-electron chi connectivity index (χ3n) is 3.56. The zero-order valence-electron chi connectivity index (χ0n) is 10.9. The molecular formula is C14H19FN2O. The van der Waals surface area contributed by atoms with Gasteiger partial charge in [-0.1, -0.05) is 6.92 Å². The molecule has 1 fully saturated rings. The Kier molecular flexibility index (Phi) is 3.84. The number of hydrogen-bond donors (Lipinski definition) is 0. The van der Waals surface area contributed by atoms with Crippen molar-refractivity contribution in [2.75, 3.05) is 25.0 Å². The molecule has 1 aromatic carbocycles. The molecule has 18 heavy (non-hydrogen) atoms. The quantitative estimate of drug-likeness (QED) is 0.751. The van der Waals surface area contributed by atoms with Crippen molar-refractivity contribution < 1.29 is 9.18 Å². The number of carbonyl (C=O) groups is 1. The molecule has 0 radical (unpaired) electrons. The van der Waals surface area contributed by atoms with Gasteiger partial charge in [-0.25, -0.2) is 9.18 Å². The summed E-state index contributed by atoms with van der Waals surface area (Å²) in [5.41, 5.74) is 0.722. The predicted octanol–water partition coefficient (Wildman–Crippen LogP) is 3.11. The van der Waals surface area contributed by atoms with E-state index < -0.39 is 0 Å². The van der Waals surface area contributed by atoms with E-state index in [1.807, 2.05) is 4.90 Å². The van der Waals surface area contributed by atoms with Crippen LogP contribution in [0.15, 0.2) is 24.3 Å². The second kappa shape index (κ2) is 5.38. The summed E-state index contributed by atoms with van der Waals surface area (Å²) >= 11 is 0. The summed E-state index contributed by atoms with van der Waals surface area (Å²) in [5, 5.41) is 0. The van der Waals surface area contributed by atoms with Gasteiger partial charge in [-0.3, -0.25) is 4.90 Å². The van der Waals surface area contributed by atoms with E-state index in [-0.39, 0.29) is 11.8 Å². The van der Waals surface area contributed by atoms with Crippen molar-refractivity contribution in [2.45, 2.75) is 19.8 Å². The van der Waals surface area contributed by atoms with E-state index >= 15 is 0 Å². The summed E-state index contributed by atoms with van der Waals surface area (Å²) in [6, 6.07) is 5.99. The second-order valence-corrected chi connectivity index (χ2v) is 4.99. The van der Waals surface area contributed by atoms with Crippen molar-refractivity contribution in [1.82, 2.24) is 4.90 Å². The first-order valence-electron chi connectivity index (χ1n) is 6.36. The monoisotopic (exact) mass is 250 g/mol. The number of benzene rings is 1. The minimum Gasteiger partial charge on any atom is -0.324 e. The number of likely N-dealkylation sites (tertiary alicyclic amines) is 1. The van der Waals surface area contributed by atoms with Gasteiger partial charge in [0.25, 0.3) is 0 Å². The molecule has 4 heteroatoms. The smallest absolute Gasteiger partial charge is 0.324 e. The van der Waals surface area contributed by atoms with E-state index in [0.29, 0.717) is 5.92 Å². The van der Waals surface area contributed by atoms with Crippen molar-refractivity contribution in [2.24, 2.45) is 5.92 Å². The Morgan fingerprint density at radius 1 is 1.28 bits per heavy atom. The number of anilines is 1. The van der Waals surface area contributed by atoms with Gasteiger partial charge in [-0.2, -0.15) is 0 Å². The summed E-state index contributed by atoms with van der Waals surface area (Å²) in [6.07, 6.45) is 2.12. The molecule has 0 atom stereocenters. The van der Waals surface area contributed by atoms with Gasteiger partial charge in [-0.15, -0.1) is 0 Å². The van der Waals surface area contributed by atoms with Crippen LogP contribution >= 0.6 is 0 Å². The van der Waals surface area contributed by atoms with E-state index in [1.165, 1.54) is 12.1 Å². The number of halogens is 1. The lowest BCUT2D eigenvalue weighted by Crippen LogP contribution is -2.45. The molecule has 2 amide bonds. The lowest BCUT2D eigenvalue weighted by molar-refractivity contribution is 0.181. The first-order chi connectivity index (χ1) is 8.58. The molecule has 0 aromatic heterocycles. The SMILES string of the molecule is CC1CCN(C(=O)N(C)c2ccc(F)cc2)CC1. The normalized spacial score (nSPS) is 16.7. The summed E-state index contributed by atoms with van der Waals surface area (Å²) in [5.74, 6) is 0.413. The number of urea groups is 1. The Bertz CT molecular complexity index is 410. The summed E-state index contributed by atoms with van der Waals surface area (Å²) < 4.78 is 12.8. The molecule has 0 saturated carbocycles. The average molecular weight is 250 g/mol. The van der Waals surface area contributed by atoms with Gasteiger partial charge >= 0.3 is 6.03 Å². The van der Waals surface area contributed by atoms with Crippen LogP contribution in [-0.4, -0.2) is 31.1 Å². The minimum atomic E-state index is -0.286. The number of hydrogen-bond acceptors (Lipinski definition) is 1. The van der Waals surface area contributed by atoms with Crippen molar-refractivity contribution in [3.05, 3.63) is 30.1 Å². The highest BCUT2D eigenvalue weighted by molar-refractivity contribution is 5.91. The fraction of sp³-hybridized carbons (Fsp3) is 0.500. The van der Waals surface area contributed by atoms with Gasteiger partial charge in [0.2, 0.25) is 0 Å². The molecule has 98 valence electrons. The molecule has 0 spiro atoms. The summed E-state index contributed by atoms with van der Waals surface area (Å²) in [6.45, 7) is 3.84. The zero-order chi connectivity index (χ0) is 13.1. The minimum absolute atomic E-state index is 0.00601. The van der Waals surface area contributed by atoms with Crippen LogP contribution in [-0.2, 0) is 0 Å². The van der Waals surface area contributed by atoms with Gasteiger partial charge in [0, 0.05) is 25.8 Å². The number of rotatable bonds is 1. The first-order valence-corrected chi connectivity index (χ1v) is 6.36. The highest BCUT2D eigenvalue weighted by Crippen LogP contribution is 2.20. The molecule has 1 aliphatic rings. The molecule has 0 aliphatic carbocycles. The predicted molar refractivity (Wildman–Crippen MR) is 70.2 cm³/mol. The van der Waals surface area contributed by atoms with Crippen LogP contribution < -0.4 is 4.90 Å². The highest BCUT2D eigenvalue weighted by Gasteiger charge is 2.23.